The second-order valence-electron chi connectivity index (χ2n) is 3.34. The summed E-state index contributed by atoms with van der Waals surface area (Å²) < 4.78 is 1.06. The van der Waals surface area contributed by atoms with E-state index in [0.29, 0.717) is 5.15 Å². The summed E-state index contributed by atoms with van der Waals surface area (Å²) >= 11 is 9.43. The summed E-state index contributed by atoms with van der Waals surface area (Å²) in [6.07, 6.45) is 1.75. The van der Waals surface area contributed by atoms with E-state index in [2.05, 4.69) is 25.9 Å². The van der Waals surface area contributed by atoms with Gasteiger partial charge in [0.25, 0.3) is 0 Å². The SMILES string of the molecule is Clc1cc2c(cn1)[nH]c1cccc(Br)c12. The molecule has 74 valence electrons. The van der Waals surface area contributed by atoms with E-state index in [9.17, 15) is 0 Å². The lowest BCUT2D eigenvalue weighted by atomic mass is 10.2. The number of nitrogens with one attached hydrogen (secondary N) is 1. The maximum absolute atomic E-state index is 5.89. The molecule has 2 heterocycles. The zero-order chi connectivity index (χ0) is 10.4. The lowest BCUT2D eigenvalue weighted by molar-refractivity contribution is 1.35. The highest BCUT2D eigenvalue weighted by Crippen LogP contribution is 2.31. The third-order valence-corrected chi connectivity index (χ3v) is 3.29. The molecule has 0 fully saturated rings. The van der Waals surface area contributed by atoms with Crippen LogP contribution >= 0.6 is 27.5 Å². The number of halogens is 2. The van der Waals surface area contributed by atoms with Gasteiger partial charge < -0.3 is 4.98 Å². The minimum Gasteiger partial charge on any atom is -0.353 e. The zero-order valence-electron chi connectivity index (χ0n) is 7.59. The highest BCUT2D eigenvalue weighted by Gasteiger charge is 2.07. The molecule has 0 aliphatic carbocycles. The van der Waals surface area contributed by atoms with E-state index in [4.69, 9.17) is 11.6 Å². The fourth-order valence-electron chi connectivity index (χ4n) is 1.78. The molecule has 0 amide bonds. The Morgan fingerprint density at radius 2 is 2.13 bits per heavy atom. The van der Waals surface area contributed by atoms with Gasteiger partial charge in [-0.15, -0.1) is 0 Å². The molecular weight excluding hydrogens is 275 g/mol. The van der Waals surface area contributed by atoms with Crippen molar-refractivity contribution in [3.05, 3.63) is 40.1 Å². The largest absolute Gasteiger partial charge is 0.353 e. The number of nitrogens with zero attached hydrogens (tertiary/aromatic N) is 1. The second-order valence-corrected chi connectivity index (χ2v) is 4.58. The first-order valence-electron chi connectivity index (χ1n) is 4.47. The van der Waals surface area contributed by atoms with Crippen LogP contribution in [0.3, 0.4) is 0 Å². The Bertz CT molecular complexity index is 660. The highest BCUT2D eigenvalue weighted by atomic mass is 79.9. The normalized spacial score (nSPS) is 11.3. The van der Waals surface area contributed by atoms with Crippen molar-refractivity contribution < 1.29 is 0 Å². The van der Waals surface area contributed by atoms with E-state index in [0.717, 1.165) is 26.3 Å². The molecule has 2 aromatic heterocycles. The minimum atomic E-state index is 0.513. The van der Waals surface area contributed by atoms with Gasteiger partial charge in [-0.3, -0.25) is 0 Å². The van der Waals surface area contributed by atoms with Crippen LogP contribution in [0, 0.1) is 0 Å². The van der Waals surface area contributed by atoms with Crippen molar-refractivity contribution in [1.82, 2.24) is 9.97 Å². The molecule has 15 heavy (non-hydrogen) atoms. The van der Waals surface area contributed by atoms with Crippen LogP contribution in [0.2, 0.25) is 5.15 Å². The number of hydrogen-bond donors (Lipinski definition) is 1. The zero-order valence-corrected chi connectivity index (χ0v) is 9.93. The van der Waals surface area contributed by atoms with Crippen molar-refractivity contribution in [1.29, 1.82) is 0 Å². The Labute approximate surface area is 99.4 Å². The number of fused-ring (bicyclic) bond motifs is 3. The summed E-state index contributed by atoms with van der Waals surface area (Å²) in [6.45, 7) is 0. The van der Waals surface area contributed by atoms with Crippen LogP contribution in [0.4, 0.5) is 0 Å². The molecule has 3 rings (SSSR count). The van der Waals surface area contributed by atoms with Crippen molar-refractivity contribution in [3.8, 4) is 0 Å². The Morgan fingerprint density at radius 1 is 1.27 bits per heavy atom. The summed E-state index contributed by atoms with van der Waals surface area (Å²) in [5.41, 5.74) is 2.09. The lowest BCUT2D eigenvalue weighted by Crippen LogP contribution is -1.73. The van der Waals surface area contributed by atoms with Gasteiger partial charge in [-0.2, -0.15) is 0 Å². The molecule has 0 aliphatic rings. The first-order valence-corrected chi connectivity index (χ1v) is 5.64. The average Bonchev–Trinajstić information content (AvgIpc) is 2.57. The Morgan fingerprint density at radius 3 is 3.00 bits per heavy atom. The number of hydrogen-bond acceptors (Lipinski definition) is 1. The van der Waals surface area contributed by atoms with E-state index in [-0.39, 0.29) is 0 Å². The van der Waals surface area contributed by atoms with Crippen LogP contribution < -0.4 is 0 Å². The minimum absolute atomic E-state index is 0.513. The fourth-order valence-corrected chi connectivity index (χ4v) is 2.52. The smallest absolute Gasteiger partial charge is 0.129 e. The van der Waals surface area contributed by atoms with Gasteiger partial charge >= 0.3 is 0 Å². The summed E-state index contributed by atoms with van der Waals surface area (Å²) in [6, 6.07) is 7.93. The van der Waals surface area contributed by atoms with Crippen LogP contribution in [-0.2, 0) is 0 Å². The van der Waals surface area contributed by atoms with Crippen molar-refractivity contribution >= 4 is 49.3 Å². The highest BCUT2D eigenvalue weighted by molar-refractivity contribution is 9.10. The monoisotopic (exact) mass is 280 g/mol. The molecule has 0 spiro atoms. The van der Waals surface area contributed by atoms with Crippen molar-refractivity contribution in [3.63, 3.8) is 0 Å². The number of rotatable bonds is 0. The second kappa shape index (κ2) is 3.22. The van der Waals surface area contributed by atoms with Gasteiger partial charge in [-0.25, -0.2) is 4.98 Å². The maximum atomic E-state index is 5.89. The molecular formula is C11H6BrClN2. The van der Waals surface area contributed by atoms with Crippen LogP contribution in [0.5, 0.6) is 0 Å². The quantitative estimate of drug-likeness (QED) is 0.617. The first-order chi connectivity index (χ1) is 7.25. The molecule has 0 unspecified atom stereocenters. The van der Waals surface area contributed by atoms with Crippen molar-refractivity contribution in [2.24, 2.45) is 0 Å². The van der Waals surface area contributed by atoms with Crippen LogP contribution in [0.1, 0.15) is 0 Å². The van der Waals surface area contributed by atoms with E-state index in [1.54, 1.807) is 6.20 Å². The first kappa shape index (κ1) is 9.19. The molecule has 0 bridgehead atoms. The van der Waals surface area contributed by atoms with E-state index in [1.165, 1.54) is 0 Å². The van der Waals surface area contributed by atoms with Gasteiger partial charge in [0.2, 0.25) is 0 Å². The molecule has 4 heteroatoms. The number of H-pyrrole nitrogens is 1. The predicted molar refractivity (Wildman–Crippen MR) is 66.3 cm³/mol. The molecule has 0 radical (unpaired) electrons. The third-order valence-electron chi connectivity index (χ3n) is 2.42. The van der Waals surface area contributed by atoms with Crippen LogP contribution in [-0.4, -0.2) is 9.97 Å². The third kappa shape index (κ3) is 1.34. The van der Waals surface area contributed by atoms with E-state index < -0.39 is 0 Å². The number of aromatic amines is 1. The molecule has 0 saturated heterocycles. The van der Waals surface area contributed by atoms with Gasteiger partial charge in [0.05, 0.1) is 11.7 Å². The molecule has 0 atom stereocenters. The van der Waals surface area contributed by atoms with Gasteiger partial charge in [-0.1, -0.05) is 33.6 Å². The topological polar surface area (TPSA) is 28.7 Å². The average molecular weight is 282 g/mol. The summed E-state index contributed by atoms with van der Waals surface area (Å²) in [4.78, 5) is 7.35. The lowest BCUT2D eigenvalue weighted by Gasteiger charge is -1.94. The van der Waals surface area contributed by atoms with Gasteiger partial charge in [0, 0.05) is 20.8 Å². The molecule has 0 aliphatic heterocycles. The molecule has 1 aromatic carbocycles. The van der Waals surface area contributed by atoms with Crippen LogP contribution in [0.25, 0.3) is 21.8 Å². The van der Waals surface area contributed by atoms with Gasteiger partial charge in [0.15, 0.2) is 0 Å². The predicted octanol–water partition coefficient (Wildman–Crippen LogP) is 4.13. The number of pyridine rings is 1. The van der Waals surface area contributed by atoms with Gasteiger partial charge in [0.1, 0.15) is 5.15 Å². The molecule has 3 aromatic rings. The fraction of sp³-hybridized carbons (Fsp3) is 0. The van der Waals surface area contributed by atoms with Crippen molar-refractivity contribution in [2.75, 3.05) is 0 Å². The maximum Gasteiger partial charge on any atom is 0.129 e. The Kier molecular flexibility index (Phi) is 1.97. The Balaban J connectivity index is 2.61. The summed E-state index contributed by atoms with van der Waals surface area (Å²) in [5, 5.41) is 2.76. The molecule has 1 N–H and O–H groups in total. The molecule has 2 nitrogen and oxygen atoms in total. The standard InChI is InChI=1S/C11H6BrClN2/c12-7-2-1-3-8-11(7)6-4-10(13)14-5-9(6)15-8/h1-5,15H. The number of benzene rings is 1. The summed E-state index contributed by atoms with van der Waals surface area (Å²) in [5.74, 6) is 0. The van der Waals surface area contributed by atoms with Crippen LogP contribution in [0.15, 0.2) is 34.9 Å². The van der Waals surface area contributed by atoms with Crippen molar-refractivity contribution in [2.45, 2.75) is 0 Å². The van der Waals surface area contributed by atoms with Gasteiger partial charge in [-0.05, 0) is 18.2 Å². The molecule has 0 saturated carbocycles. The van der Waals surface area contributed by atoms with E-state index >= 15 is 0 Å². The Hall–Kier alpha value is -1.06. The number of aromatic nitrogens is 2. The summed E-state index contributed by atoms with van der Waals surface area (Å²) in [7, 11) is 0. The van der Waals surface area contributed by atoms with E-state index in [1.807, 2.05) is 24.3 Å².